The molecule has 1 aromatic rings. The average molecular weight is 195 g/mol. The molecule has 0 aliphatic rings. The summed E-state index contributed by atoms with van der Waals surface area (Å²) in [6.07, 6.45) is 0. The van der Waals surface area contributed by atoms with Crippen LogP contribution in [-0.4, -0.2) is 19.8 Å². The van der Waals surface area contributed by atoms with Crippen LogP contribution >= 0.6 is 0 Å². The lowest BCUT2D eigenvalue weighted by Gasteiger charge is -2.07. The van der Waals surface area contributed by atoms with Crippen LogP contribution in [0, 0.1) is 0 Å². The summed E-state index contributed by atoms with van der Waals surface area (Å²) in [6, 6.07) is 7.91. The fourth-order valence-corrected chi connectivity index (χ4v) is 1.08. The van der Waals surface area contributed by atoms with Crippen molar-refractivity contribution in [2.45, 2.75) is 19.6 Å². The third-order valence-corrected chi connectivity index (χ3v) is 1.81. The lowest BCUT2D eigenvalue weighted by molar-refractivity contribution is 0.111. The molecule has 0 amide bonds. The smallest absolute Gasteiger partial charge is 0.118 e. The predicted molar refractivity (Wildman–Crippen MR) is 56.3 cm³/mol. The molecule has 3 heteroatoms. The van der Waals surface area contributed by atoms with Crippen molar-refractivity contribution in [1.82, 2.24) is 0 Å². The number of methoxy groups -OCH3 is 1. The molecular formula is C11H17NO2. The first-order valence-corrected chi connectivity index (χ1v) is 4.68. The average Bonchev–Trinajstić information content (AvgIpc) is 2.18. The van der Waals surface area contributed by atoms with E-state index < -0.39 is 0 Å². The summed E-state index contributed by atoms with van der Waals surface area (Å²) in [5, 5.41) is 0. The van der Waals surface area contributed by atoms with E-state index >= 15 is 0 Å². The molecule has 0 heterocycles. The molecule has 1 aromatic carbocycles. The maximum absolute atomic E-state index is 5.56. The molecule has 1 atom stereocenters. The maximum atomic E-state index is 5.56. The van der Waals surface area contributed by atoms with Crippen LogP contribution in [0.15, 0.2) is 24.3 Å². The molecule has 0 bridgehead atoms. The van der Waals surface area contributed by atoms with E-state index in [0.717, 1.165) is 11.3 Å². The van der Waals surface area contributed by atoms with E-state index in [0.29, 0.717) is 13.2 Å². The van der Waals surface area contributed by atoms with Crippen molar-refractivity contribution >= 4 is 0 Å². The summed E-state index contributed by atoms with van der Waals surface area (Å²) in [5.41, 5.74) is 6.69. The minimum absolute atomic E-state index is 0.0910. The summed E-state index contributed by atoms with van der Waals surface area (Å²) in [5.74, 6) is 0.862. The molecule has 0 aromatic heterocycles. The van der Waals surface area contributed by atoms with Gasteiger partial charge in [-0.15, -0.1) is 0 Å². The van der Waals surface area contributed by atoms with Crippen molar-refractivity contribution in [1.29, 1.82) is 0 Å². The lowest BCUT2D eigenvalue weighted by atomic mass is 10.2. The Kier molecular flexibility index (Phi) is 4.43. The molecule has 0 aliphatic heterocycles. The highest BCUT2D eigenvalue weighted by Crippen LogP contribution is 2.11. The van der Waals surface area contributed by atoms with E-state index in [4.69, 9.17) is 15.2 Å². The number of benzene rings is 1. The zero-order valence-corrected chi connectivity index (χ0v) is 8.69. The second kappa shape index (κ2) is 5.62. The molecule has 0 fully saturated rings. The Hall–Kier alpha value is -1.06. The Morgan fingerprint density at radius 1 is 1.29 bits per heavy atom. The Balaban J connectivity index is 2.36. The zero-order valence-electron chi connectivity index (χ0n) is 8.69. The summed E-state index contributed by atoms with van der Waals surface area (Å²) >= 11 is 0. The van der Waals surface area contributed by atoms with Crippen LogP contribution in [-0.2, 0) is 11.3 Å². The lowest BCUT2D eigenvalue weighted by Crippen LogP contribution is -2.21. The quantitative estimate of drug-likeness (QED) is 0.775. The molecule has 3 nitrogen and oxygen atoms in total. The minimum atomic E-state index is 0.0910. The van der Waals surface area contributed by atoms with Gasteiger partial charge in [0.25, 0.3) is 0 Å². The van der Waals surface area contributed by atoms with Crippen LogP contribution in [0.4, 0.5) is 0 Å². The first-order chi connectivity index (χ1) is 6.72. The van der Waals surface area contributed by atoms with Gasteiger partial charge in [-0.25, -0.2) is 0 Å². The molecule has 1 rings (SSSR count). The van der Waals surface area contributed by atoms with E-state index in [9.17, 15) is 0 Å². The van der Waals surface area contributed by atoms with E-state index in [-0.39, 0.29) is 6.04 Å². The van der Waals surface area contributed by atoms with Gasteiger partial charge in [0, 0.05) is 6.04 Å². The highest BCUT2D eigenvalue weighted by Gasteiger charge is 1.96. The van der Waals surface area contributed by atoms with E-state index in [1.54, 1.807) is 7.11 Å². The fourth-order valence-electron chi connectivity index (χ4n) is 1.08. The Morgan fingerprint density at radius 2 is 1.93 bits per heavy atom. The summed E-state index contributed by atoms with van der Waals surface area (Å²) in [6.45, 7) is 3.12. The number of nitrogens with two attached hydrogens (primary N) is 1. The van der Waals surface area contributed by atoms with Gasteiger partial charge in [-0.1, -0.05) is 12.1 Å². The molecule has 2 N–H and O–H groups in total. The van der Waals surface area contributed by atoms with E-state index in [1.807, 2.05) is 31.2 Å². The standard InChI is InChI=1S/C11H17NO2/c1-9(12)7-14-8-10-3-5-11(13-2)6-4-10/h3-6,9H,7-8,12H2,1-2H3/t9-/m0/s1. The van der Waals surface area contributed by atoms with Crippen molar-refractivity contribution < 1.29 is 9.47 Å². The largest absolute Gasteiger partial charge is 0.497 e. The molecule has 0 saturated carbocycles. The van der Waals surface area contributed by atoms with Gasteiger partial charge in [-0.2, -0.15) is 0 Å². The fraction of sp³-hybridized carbons (Fsp3) is 0.455. The third kappa shape index (κ3) is 3.77. The van der Waals surface area contributed by atoms with Crippen molar-refractivity contribution in [2.24, 2.45) is 5.73 Å². The SMILES string of the molecule is COc1ccc(COC[C@H](C)N)cc1. The molecule has 78 valence electrons. The zero-order chi connectivity index (χ0) is 10.4. The number of hydrogen-bond donors (Lipinski definition) is 1. The maximum Gasteiger partial charge on any atom is 0.118 e. The highest BCUT2D eigenvalue weighted by atomic mass is 16.5. The number of rotatable bonds is 5. The van der Waals surface area contributed by atoms with Crippen molar-refractivity contribution in [3.63, 3.8) is 0 Å². The molecular weight excluding hydrogens is 178 g/mol. The van der Waals surface area contributed by atoms with E-state index in [1.165, 1.54) is 0 Å². The van der Waals surface area contributed by atoms with Crippen LogP contribution in [0.25, 0.3) is 0 Å². The van der Waals surface area contributed by atoms with Crippen molar-refractivity contribution in [3.8, 4) is 5.75 Å². The van der Waals surface area contributed by atoms with Crippen LogP contribution in [0.1, 0.15) is 12.5 Å². The van der Waals surface area contributed by atoms with Gasteiger partial charge in [-0.05, 0) is 24.6 Å². The molecule has 0 spiro atoms. The highest BCUT2D eigenvalue weighted by molar-refractivity contribution is 5.26. The second-order valence-corrected chi connectivity index (χ2v) is 3.34. The Bertz CT molecular complexity index is 256. The Morgan fingerprint density at radius 3 is 2.43 bits per heavy atom. The van der Waals surface area contributed by atoms with Crippen LogP contribution in [0.5, 0.6) is 5.75 Å². The van der Waals surface area contributed by atoms with Gasteiger partial charge in [0.2, 0.25) is 0 Å². The van der Waals surface area contributed by atoms with Crippen LogP contribution in [0.2, 0.25) is 0 Å². The van der Waals surface area contributed by atoms with E-state index in [2.05, 4.69) is 0 Å². The predicted octanol–water partition coefficient (Wildman–Crippen LogP) is 1.56. The topological polar surface area (TPSA) is 44.5 Å². The normalized spacial score (nSPS) is 12.5. The summed E-state index contributed by atoms with van der Waals surface area (Å²) < 4.78 is 10.4. The van der Waals surface area contributed by atoms with Gasteiger partial charge in [0.05, 0.1) is 20.3 Å². The Labute approximate surface area is 84.8 Å². The summed E-state index contributed by atoms with van der Waals surface area (Å²) in [7, 11) is 1.65. The summed E-state index contributed by atoms with van der Waals surface area (Å²) in [4.78, 5) is 0. The van der Waals surface area contributed by atoms with Gasteiger partial charge < -0.3 is 15.2 Å². The number of ether oxygens (including phenoxy) is 2. The molecule has 14 heavy (non-hydrogen) atoms. The molecule has 0 saturated heterocycles. The van der Waals surface area contributed by atoms with Crippen molar-refractivity contribution in [2.75, 3.05) is 13.7 Å². The van der Waals surface area contributed by atoms with Gasteiger partial charge in [0.1, 0.15) is 5.75 Å². The first kappa shape index (κ1) is 11.0. The molecule has 0 unspecified atom stereocenters. The van der Waals surface area contributed by atoms with Gasteiger partial charge >= 0.3 is 0 Å². The minimum Gasteiger partial charge on any atom is -0.497 e. The second-order valence-electron chi connectivity index (χ2n) is 3.34. The first-order valence-electron chi connectivity index (χ1n) is 4.68. The van der Waals surface area contributed by atoms with Crippen LogP contribution in [0.3, 0.4) is 0 Å². The number of hydrogen-bond acceptors (Lipinski definition) is 3. The third-order valence-electron chi connectivity index (χ3n) is 1.81. The van der Waals surface area contributed by atoms with Gasteiger partial charge in [0.15, 0.2) is 0 Å². The van der Waals surface area contributed by atoms with Gasteiger partial charge in [-0.3, -0.25) is 0 Å². The molecule has 0 aliphatic carbocycles. The van der Waals surface area contributed by atoms with Crippen LogP contribution < -0.4 is 10.5 Å². The van der Waals surface area contributed by atoms with Crippen molar-refractivity contribution in [3.05, 3.63) is 29.8 Å². The monoisotopic (exact) mass is 195 g/mol. The molecule has 0 radical (unpaired) electrons.